The normalized spacial score (nSPS) is 28.6. The summed E-state index contributed by atoms with van der Waals surface area (Å²) in [5, 5.41) is 11.1. The van der Waals surface area contributed by atoms with E-state index in [4.69, 9.17) is 4.74 Å². The average molecular weight is 437 g/mol. The first-order chi connectivity index (χ1) is 15.3. The summed E-state index contributed by atoms with van der Waals surface area (Å²) in [6.07, 6.45) is 12.6. The van der Waals surface area contributed by atoms with Crippen LogP contribution in [0.15, 0.2) is 42.3 Å². The minimum Gasteiger partial charge on any atom is -0.376 e. The Hall–Kier alpha value is -2.16. The van der Waals surface area contributed by atoms with E-state index in [-0.39, 0.29) is 12.1 Å². The van der Waals surface area contributed by atoms with Gasteiger partial charge in [-0.15, -0.1) is 16.4 Å². The molecule has 4 atom stereocenters. The topological polar surface area (TPSA) is 69.0 Å². The van der Waals surface area contributed by atoms with Gasteiger partial charge in [-0.25, -0.2) is 4.68 Å². The summed E-state index contributed by atoms with van der Waals surface area (Å²) in [4.78, 5) is 12.4. The van der Waals surface area contributed by atoms with Crippen molar-refractivity contribution < 1.29 is 4.74 Å². The third-order valence-corrected chi connectivity index (χ3v) is 7.92. The fourth-order valence-electron chi connectivity index (χ4n) is 5.23. The lowest BCUT2D eigenvalue weighted by Crippen LogP contribution is -2.38. The molecule has 0 unspecified atom stereocenters. The summed E-state index contributed by atoms with van der Waals surface area (Å²) in [5.74, 6) is 2.11. The molecule has 3 aromatic heterocycles. The van der Waals surface area contributed by atoms with Crippen molar-refractivity contribution in [1.82, 2.24) is 29.9 Å². The number of ether oxygens (including phenoxy) is 1. The van der Waals surface area contributed by atoms with Gasteiger partial charge in [-0.1, -0.05) is 11.3 Å². The van der Waals surface area contributed by atoms with E-state index in [0.717, 1.165) is 56.4 Å². The van der Waals surface area contributed by atoms with Gasteiger partial charge in [0.1, 0.15) is 5.69 Å². The van der Waals surface area contributed by atoms with Gasteiger partial charge in [0.05, 0.1) is 28.9 Å². The molecular formula is C23H28N6OS. The van der Waals surface area contributed by atoms with Gasteiger partial charge in [-0.3, -0.25) is 14.9 Å². The SMILES string of the molecule is c1csc(-c2cn([C@@H]3C[C@@H]4CN(Cc5cnccn5)C[C@@H]4C[C@H]3OCC3CC3)nn2)c1. The zero-order valence-corrected chi connectivity index (χ0v) is 18.4. The molecule has 3 aliphatic rings. The van der Waals surface area contributed by atoms with E-state index in [9.17, 15) is 0 Å². The minimum absolute atomic E-state index is 0.219. The standard InChI is InChI=1S/C23H28N6OS/c1-2-23(31-7-1)20-14-29(27-26-20)21-8-17-11-28(13-19-10-24-5-6-25-19)12-18(17)9-22(21)30-15-16-3-4-16/h1-2,5-7,10,14,16-18,21-22H,3-4,8-9,11-13,15H2/t17-,18+,21-,22-/m1/s1. The van der Waals surface area contributed by atoms with Crippen molar-refractivity contribution in [2.45, 2.75) is 44.4 Å². The van der Waals surface area contributed by atoms with Gasteiger partial charge in [-0.2, -0.15) is 0 Å². The van der Waals surface area contributed by atoms with E-state index < -0.39 is 0 Å². The third-order valence-electron chi connectivity index (χ3n) is 7.03. The summed E-state index contributed by atoms with van der Waals surface area (Å²) in [6.45, 7) is 4.01. The number of thiophene rings is 1. The molecule has 4 heterocycles. The summed E-state index contributed by atoms with van der Waals surface area (Å²) in [6, 6.07) is 4.44. The highest BCUT2D eigenvalue weighted by Crippen LogP contribution is 2.43. The van der Waals surface area contributed by atoms with Crippen LogP contribution in [0.3, 0.4) is 0 Å². The Kier molecular flexibility index (Phi) is 5.29. The van der Waals surface area contributed by atoms with Gasteiger partial charge in [0.2, 0.25) is 0 Å². The van der Waals surface area contributed by atoms with Crippen LogP contribution in [0.25, 0.3) is 10.6 Å². The molecule has 1 aliphatic heterocycles. The molecule has 0 radical (unpaired) electrons. The maximum atomic E-state index is 6.51. The van der Waals surface area contributed by atoms with Crippen LogP contribution in [0.5, 0.6) is 0 Å². The van der Waals surface area contributed by atoms with E-state index in [1.54, 1.807) is 23.7 Å². The minimum atomic E-state index is 0.219. The molecule has 31 heavy (non-hydrogen) atoms. The molecule has 2 aliphatic carbocycles. The Morgan fingerprint density at radius 2 is 2.03 bits per heavy atom. The number of hydrogen-bond donors (Lipinski definition) is 0. The van der Waals surface area contributed by atoms with Gasteiger partial charge in [-0.05, 0) is 54.9 Å². The molecule has 0 N–H and O–H groups in total. The highest BCUT2D eigenvalue weighted by Gasteiger charge is 2.44. The van der Waals surface area contributed by atoms with E-state index in [1.807, 2.05) is 6.20 Å². The summed E-state index contributed by atoms with van der Waals surface area (Å²) in [7, 11) is 0. The summed E-state index contributed by atoms with van der Waals surface area (Å²) >= 11 is 1.71. The molecule has 6 rings (SSSR count). The summed E-state index contributed by atoms with van der Waals surface area (Å²) < 4.78 is 8.60. The van der Waals surface area contributed by atoms with Gasteiger partial charge >= 0.3 is 0 Å². The Labute approximate surface area is 186 Å². The van der Waals surface area contributed by atoms with Crippen molar-refractivity contribution in [3.8, 4) is 10.6 Å². The first kappa shape index (κ1) is 19.5. The number of nitrogens with zero attached hydrogens (tertiary/aromatic N) is 6. The maximum Gasteiger partial charge on any atom is 0.122 e. The number of hydrogen-bond acceptors (Lipinski definition) is 7. The molecule has 7 nitrogen and oxygen atoms in total. The molecular weight excluding hydrogens is 408 g/mol. The second-order valence-corrected chi connectivity index (χ2v) is 10.3. The van der Waals surface area contributed by atoms with Gasteiger partial charge < -0.3 is 4.74 Å². The lowest BCUT2D eigenvalue weighted by molar-refractivity contribution is -0.0375. The predicted molar refractivity (Wildman–Crippen MR) is 118 cm³/mol. The van der Waals surface area contributed by atoms with E-state index in [0.29, 0.717) is 11.8 Å². The quantitative estimate of drug-likeness (QED) is 0.563. The Bertz CT molecular complexity index is 989. The molecule has 0 aromatic carbocycles. The average Bonchev–Trinajstić information content (AvgIpc) is 3.17. The predicted octanol–water partition coefficient (Wildman–Crippen LogP) is 3.67. The first-order valence-corrected chi connectivity index (χ1v) is 12.2. The van der Waals surface area contributed by atoms with Crippen molar-refractivity contribution in [3.05, 3.63) is 48.0 Å². The van der Waals surface area contributed by atoms with Crippen LogP contribution in [-0.4, -0.2) is 55.7 Å². The number of rotatable bonds is 7. The molecule has 3 fully saturated rings. The van der Waals surface area contributed by atoms with Crippen LogP contribution in [0.4, 0.5) is 0 Å². The van der Waals surface area contributed by atoms with Crippen molar-refractivity contribution >= 4 is 11.3 Å². The smallest absolute Gasteiger partial charge is 0.122 e. The molecule has 2 saturated carbocycles. The molecule has 0 spiro atoms. The molecule has 0 amide bonds. The van der Waals surface area contributed by atoms with E-state index >= 15 is 0 Å². The zero-order chi connectivity index (χ0) is 20.6. The lowest BCUT2D eigenvalue weighted by atomic mass is 9.77. The van der Waals surface area contributed by atoms with Crippen LogP contribution in [0, 0.1) is 17.8 Å². The van der Waals surface area contributed by atoms with Gasteiger partial charge in [0, 0.05) is 44.8 Å². The fraction of sp³-hybridized carbons (Fsp3) is 0.565. The first-order valence-electron chi connectivity index (χ1n) is 11.4. The second-order valence-electron chi connectivity index (χ2n) is 9.33. The maximum absolute atomic E-state index is 6.51. The second kappa shape index (κ2) is 8.41. The zero-order valence-electron chi connectivity index (χ0n) is 17.6. The molecule has 0 bridgehead atoms. The van der Waals surface area contributed by atoms with Gasteiger partial charge in [0.25, 0.3) is 0 Å². The largest absolute Gasteiger partial charge is 0.376 e. The van der Waals surface area contributed by atoms with E-state index in [2.05, 4.69) is 53.6 Å². The number of likely N-dealkylation sites (tertiary alicyclic amines) is 1. The Morgan fingerprint density at radius 1 is 1.13 bits per heavy atom. The van der Waals surface area contributed by atoms with Crippen molar-refractivity contribution in [2.24, 2.45) is 17.8 Å². The lowest BCUT2D eigenvalue weighted by Gasteiger charge is -2.37. The monoisotopic (exact) mass is 436 g/mol. The highest BCUT2D eigenvalue weighted by atomic mass is 32.1. The molecule has 1 saturated heterocycles. The van der Waals surface area contributed by atoms with Crippen LogP contribution in [0.1, 0.15) is 37.4 Å². The van der Waals surface area contributed by atoms with Crippen LogP contribution >= 0.6 is 11.3 Å². The number of aromatic nitrogens is 5. The molecule has 162 valence electrons. The van der Waals surface area contributed by atoms with Crippen LogP contribution < -0.4 is 0 Å². The third kappa shape index (κ3) is 4.29. The Morgan fingerprint density at radius 3 is 2.81 bits per heavy atom. The Balaban J connectivity index is 1.19. The van der Waals surface area contributed by atoms with Gasteiger partial charge in [0.15, 0.2) is 0 Å². The summed E-state index contributed by atoms with van der Waals surface area (Å²) in [5.41, 5.74) is 2.02. The van der Waals surface area contributed by atoms with E-state index in [1.165, 1.54) is 17.7 Å². The fourth-order valence-corrected chi connectivity index (χ4v) is 5.91. The van der Waals surface area contributed by atoms with Crippen LogP contribution in [-0.2, 0) is 11.3 Å². The molecule has 3 aromatic rings. The number of fused-ring (bicyclic) bond motifs is 1. The molecule has 8 heteroatoms. The van der Waals surface area contributed by atoms with Crippen molar-refractivity contribution in [3.63, 3.8) is 0 Å². The highest BCUT2D eigenvalue weighted by molar-refractivity contribution is 7.13. The van der Waals surface area contributed by atoms with Crippen LogP contribution in [0.2, 0.25) is 0 Å². The van der Waals surface area contributed by atoms with Crippen molar-refractivity contribution in [2.75, 3.05) is 19.7 Å². The van der Waals surface area contributed by atoms with Crippen molar-refractivity contribution in [1.29, 1.82) is 0 Å².